The lowest BCUT2D eigenvalue weighted by Crippen LogP contribution is -2.71. The van der Waals surface area contributed by atoms with E-state index >= 15 is 0 Å². The molecule has 1 spiro atoms. The molecule has 1 aliphatic carbocycles. The highest BCUT2D eigenvalue weighted by molar-refractivity contribution is 5.66. The van der Waals surface area contributed by atoms with Gasteiger partial charge in [0.15, 0.2) is 5.60 Å². The van der Waals surface area contributed by atoms with E-state index in [1.165, 1.54) is 6.92 Å². The summed E-state index contributed by atoms with van der Waals surface area (Å²) in [5, 5.41) is 32.1. The molecule has 2 saturated heterocycles. The predicted octanol–water partition coefficient (Wildman–Crippen LogP) is -0.331. The third-order valence-electron chi connectivity index (χ3n) is 5.22. The molecule has 138 valence electrons. The molecule has 0 aromatic heterocycles. The van der Waals surface area contributed by atoms with Crippen LogP contribution in [0.5, 0.6) is 0 Å². The smallest absolute Gasteiger partial charge is 0.303 e. The van der Waals surface area contributed by atoms with E-state index < -0.39 is 53.3 Å². The third kappa shape index (κ3) is 2.69. The fourth-order valence-electron chi connectivity index (χ4n) is 3.79. The molecule has 3 aliphatic rings. The Kier molecular flexibility index (Phi) is 4.06. The topological polar surface area (TPSA) is 109 Å². The van der Waals surface area contributed by atoms with Crippen molar-refractivity contribution < 1.29 is 34.3 Å². The van der Waals surface area contributed by atoms with E-state index in [-0.39, 0.29) is 6.42 Å². The molecule has 3 fully saturated rings. The van der Waals surface area contributed by atoms with Crippen LogP contribution < -0.4 is 0 Å². The lowest BCUT2D eigenvalue weighted by molar-refractivity contribution is -0.264. The number of esters is 1. The first-order valence-corrected chi connectivity index (χ1v) is 8.24. The van der Waals surface area contributed by atoms with Crippen molar-refractivity contribution in [3.05, 3.63) is 12.2 Å². The molecule has 3 rings (SSSR count). The van der Waals surface area contributed by atoms with Crippen LogP contribution in [0.1, 0.15) is 34.1 Å². The Bertz CT molecular complexity index is 675. The monoisotopic (exact) mass is 352 g/mol. The molecular formula is C18H24O7. The minimum atomic E-state index is -2.10. The van der Waals surface area contributed by atoms with Gasteiger partial charge in [0.05, 0.1) is 0 Å². The van der Waals surface area contributed by atoms with Crippen LogP contribution in [0.25, 0.3) is 0 Å². The largest absolute Gasteiger partial charge is 0.459 e. The second-order valence-corrected chi connectivity index (χ2v) is 7.68. The lowest BCUT2D eigenvalue weighted by atomic mass is 9.68. The van der Waals surface area contributed by atoms with Crippen molar-refractivity contribution in [2.75, 3.05) is 0 Å². The minimum Gasteiger partial charge on any atom is -0.459 e. The van der Waals surface area contributed by atoms with Crippen LogP contribution >= 0.6 is 0 Å². The van der Waals surface area contributed by atoms with Gasteiger partial charge in [-0.15, -0.1) is 0 Å². The maximum atomic E-state index is 11.4. The molecule has 7 atom stereocenters. The molecule has 2 aliphatic heterocycles. The van der Waals surface area contributed by atoms with Crippen LogP contribution in [0.15, 0.2) is 12.2 Å². The van der Waals surface area contributed by atoms with Crippen molar-refractivity contribution in [2.24, 2.45) is 0 Å². The van der Waals surface area contributed by atoms with Crippen molar-refractivity contribution in [1.82, 2.24) is 0 Å². The number of hydrogen-bond acceptors (Lipinski definition) is 7. The Balaban J connectivity index is 1.94. The summed E-state index contributed by atoms with van der Waals surface area (Å²) in [6.45, 7) is 10.1. The van der Waals surface area contributed by atoms with Gasteiger partial charge in [-0.25, -0.2) is 0 Å². The molecule has 0 bridgehead atoms. The van der Waals surface area contributed by atoms with Crippen molar-refractivity contribution in [1.29, 1.82) is 0 Å². The molecule has 0 aromatic rings. The van der Waals surface area contributed by atoms with Gasteiger partial charge in [0.25, 0.3) is 0 Å². The molecule has 0 amide bonds. The molecule has 2 heterocycles. The van der Waals surface area contributed by atoms with Gasteiger partial charge in [-0.2, -0.15) is 0 Å². The van der Waals surface area contributed by atoms with E-state index in [4.69, 9.17) is 14.2 Å². The van der Waals surface area contributed by atoms with Crippen molar-refractivity contribution >= 4 is 5.97 Å². The van der Waals surface area contributed by atoms with Gasteiger partial charge in [0.1, 0.15) is 41.7 Å². The van der Waals surface area contributed by atoms with Gasteiger partial charge in [0, 0.05) is 13.3 Å². The number of epoxide rings is 1. The van der Waals surface area contributed by atoms with Gasteiger partial charge in [-0.1, -0.05) is 18.4 Å². The summed E-state index contributed by atoms with van der Waals surface area (Å²) >= 11 is 0. The van der Waals surface area contributed by atoms with Crippen LogP contribution in [-0.2, 0) is 19.0 Å². The lowest BCUT2D eigenvalue weighted by Gasteiger charge is -2.51. The Morgan fingerprint density at radius 2 is 1.76 bits per heavy atom. The van der Waals surface area contributed by atoms with Crippen molar-refractivity contribution in [3.8, 4) is 11.8 Å². The number of aliphatic hydroxyl groups is 3. The molecule has 1 saturated carbocycles. The van der Waals surface area contributed by atoms with Crippen LogP contribution in [-0.4, -0.2) is 68.6 Å². The quantitative estimate of drug-likeness (QED) is 0.337. The summed E-state index contributed by atoms with van der Waals surface area (Å²) < 4.78 is 17.0. The second-order valence-electron chi connectivity index (χ2n) is 7.68. The standard InChI is InChI=1S/C18H24O7/c1-9(2)6-7-17(22)12(20)14-18(15(25-18)13(17)21)8-11(23-10(3)19)16(4,5)24-14/h11-15,20-22H,1,8H2,2-5H3. The highest BCUT2D eigenvalue weighted by Crippen LogP contribution is 2.58. The van der Waals surface area contributed by atoms with Crippen LogP contribution in [0.4, 0.5) is 0 Å². The number of carbonyl (C=O) groups excluding carboxylic acids is 1. The summed E-state index contributed by atoms with van der Waals surface area (Å²) in [6, 6.07) is 0. The molecule has 0 aromatic carbocycles. The van der Waals surface area contributed by atoms with Gasteiger partial charge in [-0.3, -0.25) is 4.79 Å². The Labute approximate surface area is 146 Å². The van der Waals surface area contributed by atoms with Crippen molar-refractivity contribution in [3.63, 3.8) is 0 Å². The average molecular weight is 352 g/mol. The summed E-state index contributed by atoms with van der Waals surface area (Å²) in [5.74, 6) is 4.68. The fraction of sp³-hybridized carbons (Fsp3) is 0.722. The Hall–Kier alpha value is -1.43. The van der Waals surface area contributed by atoms with Crippen molar-refractivity contribution in [2.45, 2.75) is 81.4 Å². The second kappa shape index (κ2) is 5.53. The van der Waals surface area contributed by atoms with E-state index in [9.17, 15) is 20.1 Å². The normalized spacial score (nSPS) is 46.8. The molecule has 7 unspecified atom stereocenters. The van der Waals surface area contributed by atoms with E-state index in [1.54, 1.807) is 20.8 Å². The van der Waals surface area contributed by atoms with Crippen LogP contribution in [0.2, 0.25) is 0 Å². The van der Waals surface area contributed by atoms with E-state index in [1.807, 2.05) is 0 Å². The first kappa shape index (κ1) is 18.4. The maximum Gasteiger partial charge on any atom is 0.303 e. The maximum absolute atomic E-state index is 11.4. The summed E-state index contributed by atoms with van der Waals surface area (Å²) in [4.78, 5) is 11.4. The van der Waals surface area contributed by atoms with Crippen LogP contribution in [0.3, 0.4) is 0 Å². The third-order valence-corrected chi connectivity index (χ3v) is 5.22. The Morgan fingerprint density at radius 1 is 1.20 bits per heavy atom. The van der Waals surface area contributed by atoms with E-state index in [0.29, 0.717) is 5.57 Å². The fourth-order valence-corrected chi connectivity index (χ4v) is 3.79. The van der Waals surface area contributed by atoms with E-state index in [0.717, 1.165) is 0 Å². The number of rotatable bonds is 1. The van der Waals surface area contributed by atoms with E-state index in [2.05, 4.69) is 18.4 Å². The summed E-state index contributed by atoms with van der Waals surface area (Å²) in [7, 11) is 0. The predicted molar refractivity (Wildman–Crippen MR) is 86.3 cm³/mol. The first-order chi connectivity index (χ1) is 11.4. The zero-order chi connectivity index (χ0) is 18.8. The number of hydrogen-bond donors (Lipinski definition) is 3. The molecule has 7 heteroatoms. The first-order valence-electron chi connectivity index (χ1n) is 8.24. The van der Waals surface area contributed by atoms with Gasteiger partial charge in [-0.05, 0) is 26.3 Å². The van der Waals surface area contributed by atoms with Gasteiger partial charge >= 0.3 is 5.97 Å². The highest BCUT2D eigenvalue weighted by Gasteiger charge is 2.79. The molecular weight excluding hydrogens is 328 g/mol. The molecule has 0 radical (unpaired) electrons. The molecule has 7 nitrogen and oxygen atoms in total. The highest BCUT2D eigenvalue weighted by atomic mass is 16.7. The number of aliphatic hydroxyl groups excluding tert-OH is 2. The zero-order valence-electron chi connectivity index (χ0n) is 14.8. The average Bonchev–Trinajstić information content (AvgIpc) is 3.21. The van der Waals surface area contributed by atoms with Crippen LogP contribution in [0, 0.1) is 11.8 Å². The summed E-state index contributed by atoms with van der Waals surface area (Å²) in [6.07, 6.45) is -4.93. The number of carbonyl (C=O) groups is 1. The minimum absolute atomic E-state index is 0.257. The number of allylic oxidation sites excluding steroid dienone is 1. The zero-order valence-corrected chi connectivity index (χ0v) is 14.8. The van der Waals surface area contributed by atoms with Gasteiger partial charge in [0.2, 0.25) is 0 Å². The SMILES string of the molecule is C=C(C)C#CC1(O)C(O)C2OC(C)(C)C(OC(C)=O)CC23OC3C1O. The summed E-state index contributed by atoms with van der Waals surface area (Å²) in [5.41, 5.74) is -3.52. The number of ether oxygens (including phenoxy) is 3. The Morgan fingerprint density at radius 3 is 2.28 bits per heavy atom. The van der Waals surface area contributed by atoms with Gasteiger partial charge < -0.3 is 29.5 Å². The molecule has 25 heavy (non-hydrogen) atoms. The molecule has 3 N–H and O–H groups in total.